The highest BCUT2D eigenvalue weighted by atomic mass is 35.5. The number of aromatic nitrogens is 3. The lowest BCUT2D eigenvalue weighted by Gasteiger charge is -2.07. The van der Waals surface area contributed by atoms with Crippen LogP contribution in [0.15, 0.2) is 58.8 Å². The summed E-state index contributed by atoms with van der Waals surface area (Å²) >= 11 is 7.17. The van der Waals surface area contributed by atoms with Gasteiger partial charge in [0.1, 0.15) is 0 Å². The number of carbonyl (C=O) groups is 1. The van der Waals surface area contributed by atoms with E-state index in [4.69, 9.17) is 11.6 Å². The highest BCUT2D eigenvalue weighted by Crippen LogP contribution is 2.24. The topological polar surface area (TPSA) is 72.2 Å². The van der Waals surface area contributed by atoms with E-state index in [-0.39, 0.29) is 11.7 Å². The van der Waals surface area contributed by atoms with Gasteiger partial charge in [0.25, 0.3) is 5.91 Å². The van der Waals surface area contributed by atoms with Crippen LogP contribution < -0.4 is 5.43 Å². The summed E-state index contributed by atoms with van der Waals surface area (Å²) in [4.78, 5) is 12.1. The lowest BCUT2D eigenvalue weighted by atomic mass is 10.1. The van der Waals surface area contributed by atoms with Gasteiger partial charge in [0.15, 0.2) is 11.0 Å². The van der Waals surface area contributed by atoms with Gasteiger partial charge in [-0.05, 0) is 31.5 Å². The van der Waals surface area contributed by atoms with Gasteiger partial charge in [-0.2, -0.15) is 5.10 Å². The lowest BCUT2D eigenvalue weighted by Crippen LogP contribution is -2.20. The van der Waals surface area contributed by atoms with Crippen molar-refractivity contribution in [2.75, 3.05) is 5.75 Å². The summed E-state index contributed by atoms with van der Waals surface area (Å²) in [5.41, 5.74) is 5.57. The molecule has 144 valence electrons. The fraction of sp³-hybridized carbons (Fsp3) is 0.200. The number of carbonyl (C=O) groups excluding carboxylic acids is 1. The van der Waals surface area contributed by atoms with E-state index < -0.39 is 0 Å². The Labute approximate surface area is 173 Å². The third-order valence-electron chi connectivity index (χ3n) is 3.95. The second kappa shape index (κ2) is 9.52. The Balaban J connectivity index is 1.58. The zero-order valence-corrected chi connectivity index (χ0v) is 17.2. The molecular formula is C20H20ClN5OS. The van der Waals surface area contributed by atoms with Crippen molar-refractivity contribution in [1.29, 1.82) is 0 Å². The van der Waals surface area contributed by atoms with Gasteiger partial charge in [0.2, 0.25) is 0 Å². The van der Waals surface area contributed by atoms with E-state index in [1.807, 2.05) is 54.8 Å². The summed E-state index contributed by atoms with van der Waals surface area (Å²) in [7, 11) is 0. The van der Waals surface area contributed by atoms with E-state index in [1.165, 1.54) is 17.3 Å². The minimum atomic E-state index is -0.210. The van der Waals surface area contributed by atoms with Crippen LogP contribution in [0.25, 0.3) is 11.4 Å². The number of hydrogen-bond donors (Lipinski definition) is 1. The quantitative estimate of drug-likeness (QED) is 0.358. The second-order valence-electron chi connectivity index (χ2n) is 6.05. The molecule has 3 rings (SSSR count). The monoisotopic (exact) mass is 413 g/mol. The van der Waals surface area contributed by atoms with Crippen LogP contribution in [-0.2, 0) is 11.3 Å². The third kappa shape index (κ3) is 5.21. The molecule has 1 amide bonds. The molecule has 0 bridgehead atoms. The first-order valence-corrected chi connectivity index (χ1v) is 10.1. The largest absolute Gasteiger partial charge is 0.302 e. The normalized spacial score (nSPS) is 11.1. The van der Waals surface area contributed by atoms with Crippen LogP contribution in [-0.4, -0.2) is 32.6 Å². The SMILES string of the molecule is CCn1c(SCC(=O)N/N=C/c2ccc(Cl)cc2)nnc1-c1ccc(C)cc1. The number of thioether (sulfide) groups is 1. The maximum atomic E-state index is 12.1. The number of halogens is 1. The van der Waals surface area contributed by atoms with Crippen molar-refractivity contribution in [1.82, 2.24) is 20.2 Å². The van der Waals surface area contributed by atoms with Gasteiger partial charge < -0.3 is 4.57 Å². The van der Waals surface area contributed by atoms with Crippen molar-refractivity contribution >= 4 is 35.5 Å². The Morgan fingerprint density at radius 2 is 1.89 bits per heavy atom. The molecule has 1 heterocycles. The van der Waals surface area contributed by atoms with Gasteiger partial charge in [0, 0.05) is 17.1 Å². The number of hydrazone groups is 1. The molecule has 0 spiro atoms. The molecule has 0 aliphatic carbocycles. The van der Waals surface area contributed by atoms with Crippen LogP contribution in [0, 0.1) is 6.92 Å². The first-order chi connectivity index (χ1) is 13.6. The molecule has 8 heteroatoms. The average molecular weight is 414 g/mol. The smallest absolute Gasteiger partial charge is 0.250 e. The molecule has 3 aromatic rings. The summed E-state index contributed by atoms with van der Waals surface area (Å²) in [6.45, 7) is 4.79. The first kappa shape index (κ1) is 20.1. The number of nitrogens with one attached hydrogen (secondary N) is 1. The molecule has 0 atom stereocenters. The number of rotatable bonds is 7. The molecular weight excluding hydrogens is 394 g/mol. The number of amides is 1. The van der Waals surface area contributed by atoms with Crippen molar-refractivity contribution in [3.05, 3.63) is 64.7 Å². The fourth-order valence-electron chi connectivity index (χ4n) is 2.49. The van der Waals surface area contributed by atoms with Crippen molar-refractivity contribution in [3.8, 4) is 11.4 Å². The van der Waals surface area contributed by atoms with Crippen LogP contribution >= 0.6 is 23.4 Å². The van der Waals surface area contributed by atoms with E-state index >= 15 is 0 Å². The Morgan fingerprint density at radius 3 is 2.57 bits per heavy atom. The summed E-state index contributed by atoms with van der Waals surface area (Å²) in [5.74, 6) is 0.785. The predicted octanol–water partition coefficient (Wildman–Crippen LogP) is 4.17. The van der Waals surface area contributed by atoms with Crippen LogP contribution in [0.2, 0.25) is 5.02 Å². The van der Waals surface area contributed by atoms with E-state index in [2.05, 4.69) is 20.7 Å². The second-order valence-corrected chi connectivity index (χ2v) is 7.43. The van der Waals surface area contributed by atoms with Gasteiger partial charge in [-0.3, -0.25) is 4.79 Å². The Hall–Kier alpha value is -2.64. The Morgan fingerprint density at radius 1 is 1.18 bits per heavy atom. The summed E-state index contributed by atoms with van der Waals surface area (Å²) in [5, 5.41) is 13.9. The highest BCUT2D eigenvalue weighted by molar-refractivity contribution is 7.99. The third-order valence-corrected chi connectivity index (χ3v) is 5.17. The minimum Gasteiger partial charge on any atom is -0.302 e. The van der Waals surface area contributed by atoms with Crippen molar-refractivity contribution in [2.45, 2.75) is 25.5 Å². The number of nitrogens with zero attached hydrogens (tertiary/aromatic N) is 4. The highest BCUT2D eigenvalue weighted by Gasteiger charge is 2.14. The molecule has 0 radical (unpaired) electrons. The summed E-state index contributed by atoms with van der Waals surface area (Å²) in [6.07, 6.45) is 1.57. The van der Waals surface area contributed by atoms with Gasteiger partial charge in [-0.25, -0.2) is 5.43 Å². The number of hydrogen-bond acceptors (Lipinski definition) is 5. The Bertz CT molecular complexity index is 967. The standard InChI is InChI=1S/C20H20ClN5OS/c1-3-26-19(16-8-4-14(2)5-9-16)24-25-20(26)28-13-18(27)23-22-12-15-6-10-17(21)11-7-15/h4-12H,3,13H2,1-2H3,(H,23,27)/b22-12+. The fourth-order valence-corrected chi connectivity index (χ4v) is 3.41. The molecule has 1 aromatic heterocycles. The molecule has 2 aromatic carbocycles. The van der Waals surface area contributed by atoms with Gasteiger partial charge >= 0.3 is 0 Å². The van der Waals surface area contributed by atoms with E-state index in [9.17, 15) is 4.79 Å². The summed E-state index contributed by atoms with van der Waals surface area (Å²) in [6, 6.07) is 15.3. The molecule has 0 aliphatic rings. The van der Waals surface area contributed by atoms with Crippen LogP contribution in [0.5, 0.6) is 0 Å². The minimum absolute atomic E-state index is 0.198. The number of aryl methyl sites for hydroxylation is 1. The molecule has 0 unspecified atom stereocenters. The van der Waals surface area contributed by atoms with Gasteiger partial charge in [-0.1, -0.05) is 65.3 Å². The number of benzene rings is 2. The van der Waals surface area contributed by atoms with Crippen LogP contribution in [0.4, 0.5) is 0 Å². The zero-order valence-electron chi connectivity index (χ0n) is 15.6. The molecule has 1 N–H and O–H groups in total. The van der Waals surface area contributed by atoms with Gasteiger partial charge in [-0.15, -0.1) is 10.2 Å². The molecule has 28 heavy (non-hydrogen) atoms. The van der Waals surface area contributed by atoms with E-state index in [0.29, 0.717) is 10.2 Å². The van der Waals surface area contributed by atoms with Crippen molar-refractivity contribution in [2.24, 2.45) is 5.10 Å². The zero-order chi connectivity index (χ0) is 19.9. The molecule has 0 saturated heterocycles. The van der Waals surface area contributed by atoms with Gasteiger partial charge in [0.05, 0.1) is 12.0 Å². The first-order valence-electron chi connectivity index (χ1n) is 8.77. The Kier molecular flexibility index (Phi) is 6.84. The molecule has 6 nitrogen and oxygen atoms in total. The molecule has 0 aliphatic heterocycles. The van der Waals surface area contributed by atoms with E-state index in [1.54, 1.807) is 18.3 Å². The maximum Gasteiger partial charge on any atom is 0.250 e. The molecule has 0 saturated carbocycles. The lowest BCUT2D eigenvalue weighted by molar-refractivity contribution is -0.118. The van der Waals surface area contributed by atoms with E-state index in [0.717, 1.165) is 23.5 Å². The van der Waals surface area contributed by atoms with Crippen molar-refractivity contribution < 1.29 is 4.79 Å². The summed E-state index contributed by atoms with van der Waals surface area (Å²) < 4.78 is 2.00. The predicted molar refractivity (Wildman–Crippen MR) is 114 cm³/mol. The average Bonchev–Trinajstić information content (AvgIpc) is 3.11. The maximum absolute atomic E-state index is 12.1. The molecule has 0 fully saturated rings. The van der Waals surface area contributed by atoms with Crippen LogP contribution in [0.1, 0.15) is 18.1 Å². The van der Waals surface area contributed by atoms with Crippen molar-refractivity contribution in [3.63, 3.8) is 0 Å². The van der Waals surface area contributed by atoms with Crippen LogP contribution in [0.3, 0.4) is 0 Å².